The van der Waals surface area contributed by atoms with Crippen molar-refractivity contribution < 1.29 is 9.53 Å². The van der Waals surface area contributed by atoms with Gasteiger partial charge in [0, 0.05) is 35.7 Å². The first kappa shape index (κ1) is 20.9. The summed E-state index contributed by atoms with van der Waals surface area (Å²) in [6.07, 6.45) is 0.394. The van der Waals surface area contributed by atoms with Gasteiger partial charge in [0.1, 0.15) is 11.6 Å². The van der Waals surface area contributed by atoms with Crippen LogP contribution >= 0.6 is 11.8 Å². The fourth-order valence-electron chi connectivity index (χ4n) is 2.68. The molecule has 0 bridgehead atoms. The number of carbonyl (C=O) groups excluding carboxylic acids is 1. The predicted molar refractivity (Wildman–Crippen MR) is 118 cm³/mol. The molecule has 1 aromatic heterocycles. The van der Waals surface area contributed by atoms with Gasteiger partial charge in [0.25, 0.3) is 0 Å². The zero-order valence-electron chi connectivity index (χ0n) is 16.9. The molecule has 0 aliphatic rings. The summed E-state index contributed by atoms with van der Waals surface area (Å²) < 4.78 is 5.42. The van der Waals surface area contributed by atoms with E-state index < -0.39 is 0 Å². The van der Waals surface area contributed by atoms with Gasteiger partial charge in [-0.15, -0.1) is 0 Å². The Morgan fingerprint density at radius 2 is 1.86 bits per heavy atom. The molecule has 150 valence electrons. The second-order valence-corrected chi connectivity index (χ2v) is 8.12. The summed E-state index contributed by atoms with van der Waals surface area (Å²) in [5, 5.41) is 4.00. The summed E-state index contributed by atoms with van der Waals surface area (Å²) in [7, 11) is 0. The smallest absolute Gasteiger partial charge is 0.311 e. The van der Waals surface area contributed by atoms with Gasteiger partial charge >= 0.3 is 5.97 Å². The van der Waals surface area contributed by atoms with Crippen LogP contribution in [0.5, 0.6) is 5.75 Å². The molecule has 0 fully saturated rings. The summed E-state index contributed by atoms with van der Waals surface area (Å²) in [5.74, 6) is 2.07. The molecule has 5 nitrogen and oxygen atoms in total. The number of hydrogen-bond donors (Lipinski definition) is 1. The monoisotopic (exact) mass is 407 g/mol. The molecule has 1 N–H and O–H groups in total. The third-order valence-electron chi connectivity index (χ3n) is 3.96. The van der Waals surface area contributed by atoms with Crippen molar-refractivity contribution in [1.82, 2.24) is 9.97 Å². The molecule has 0 aliphatic heterocycles. The van der Waals surface area contributed by atoms with E-state index in [4.69, 9.17) is 4.74 Å². The Bertz CT molecular complexity index is 961. The Morgan fingerprint density at radius 3 is 2.62 bits per heavy atom. The van der Waals surface area contributed by atoms with Crippen LogP contribution in [-0.4, -0.2) is 15.9 Å². The number of aryl methyl sites for hydroxylation is 1. The van der Waals surface area contributed by atoms with Crippen LogP contribution in [0.3, 0.4) is 0 Å². The lowest BCUT2D eigenvalue weighted by molar-refractivity contribution is -0.135. The van der Waals surface area contributed by atoms with Gasteiger partial charge in [-0.05, 0) is 30.5 Å². The number of carbonyl (C=O) groups is 1. The Hall–Kier alpha value is -2.86. The third-order valence-corrected chi connectivity index (χ3v) is 4.88. The summed E-state index contributed by atoms with van der Waals surface area (Å²) in [4.78, 5) is 21.0. The topological polar surface area (TPSA) is 64.1 Å². The molecule has 2 aromatic carbocycles. The fraction of sp³-hybridized carbons (Fsp3) is 0.261. The standard InChI is InChI=1S/C23H25N3O2S/c1-16(2)12-22(27)28-20-11-7-10-19(14-20)25-21-13-17(3)24-23(26-21)29-15-18-8-5-4-6-9-18/h4-11,13-14,16H,12,15H2,1-3H3,(H,24,25,26). The number of thioether (sulfide) groups is 1. The van der Waals surface area contributed by atoms with Crippen LogP contribution in [0.1, 0.15) is 31.5 Å². The van der Waals surface area contributed by atoms with Gasteiger partial charge in [0.05, 0.1) is 0 Å². The van der Waals surface area contributed by atoms with E-state index in [0.717, 1.165) is 22.3 Å². The lowest BCUT2D eigenvalue weighted by atomic mass is 10.1. The molecule has 29 heavy (non-hydrogen) atoms. The highest BCUT2D eigenvalue weighted by molar-refractivity contribution is 7.98. The number of hydrogen-bond acceptors (Lipinski definition) is 6. The third kappa shape index (κ3) is 6.91. The first-order valence-electron chi connectivity index (χ1n) is 9.58. The lowest BCUT2D eigenvalue weighted by Crippen LogP contribution is -2.10. The van der Waals surface area contributed by atoms with Crippen LogP contribution in [0.25, 0.3) is 0 Å². The highest BCUT2D eigenvalue weighted by Gasteiger charge is 2.09. The molecule has 0 spiro atoms. The van der Waals surface area contributed by atoms with Crippen LogP contribution < -0.4 is 10.1 Å². The zero-order valence-corrected chi connectivity index (χ0v) is 17.7. The minimum Gasteiger partial charge on any atom is -0.426 e. The average molecular weight is 408 g/mol. The van der Waals surface area contributed by atoms with Gasteiger partial charge < -0.3 is 10.1 Å². The number of nitrogens with one attached hydrogen (secondary N) is 1. The normalized spacial score (nSPS) is 10.8. The predicted octanol–water partition coefficient (Wildman–Crippen LogP) is 5.77. The molecular formula is C23H25N3O2S. The minimum absolute atomic E-state index is 0.227. The number of ether oxygens (including phenoxy) is 1. The Kier molecular flexibility index (Phi) is 7.25. The molecule has 0 aliphatic carbocycles. The summed E-state index contributed by atoms with van der Waals surface area (Å²) in [6.45, 7) is 5.93. The largest absolute Gasteiger partial charge is 0.426 e. The molecular weight excluding hydrogens is 382 g/mol. The van der Waals surface area contributed by atoms with E-state index in [0.29, 0.717) is 18.0 Å². The van der Waals surface area contributed by atoms with Crippen molar-refractivity contribution in [3.8, 4) is 5.75 Å². The fourth-order valence-corrected chi connectivity index (χ4v) is 3.54. The van der Waals surface area contributed by atoms with Gasteiger partial charge in [-0.25, -0.2) is 9.97 Å². The molecule has 0 saturated carbocycles. The first-order valence-corrected chi connectivity index (χ1v) is 10.6. The molecule has 6 heteroatoms. The Morgan fingerprint density at radius 1 is 1.07 bits per heavy atom. The lowest BCUT2D eigenvalue weighted by Gasteiger charge is -2.10. The molecule has 0 radical (unpaired) electrons. The summed E-state index contributed by atoms with van der Waals surface area (Å²) in [6, 6.07) is 19.5. The van der Waals surface area contributed by atoms with E-state index in [-0.39, 0.29) is 11.9 Å². The summed E-state index contributed by atoms with van der Waals surface area (Å²) in [5.41, 5.74) is 2.92. The van der Waals surface area contributed by atoms with Crippen LogP contribution in [0, 0.1) is 12.8 Å². The van der Waals surface area contributed by atoms with Crippen LogP contribution in [0.15, 0.2) is 65.8 Å². The van der Waals surface area contributed by atoms with Gasteiger partial charge in [0.2, 0.25) is 0 Å². The number of esters is 1. The van der Waals surface area contributed by atoms with E-state index in [1.165, 1.54) is 5.56 Å². The van der Waals surface area contributed by atoms with Crippen molar-refractivity contribution in [2.45, 2.75) is 38.1 Å². The van der Waals surface area contributed by atoms with E-state index in [9.17, 15) is 4.79 Å². The quantitative estimate of drug-likeness (QED) is 0.221. The van der Waals surface area contributed by atoms with E-state index in [1.54, 1.807) is 23.9 Å². The van der Waals surface area contributed by atoms with Crippen LogP contribution in [0.4, 0.5) is 11.5 Å². The highest BCUT2D eigenvalue weighted by Crippen LogP contribution is 2.25. The van der Waals surface area contributed by atoms with Gasteiger partial charge in [-0.2, -0.15) is 0 Å². The second-order valence-electron chi connectivity index (χ2n) is 7.18. The van der Waals surface area contributed by atoms with E-state index in [2.05, 4.69) is 27.4 Å². The highest BCUT2D eigenvalue weighted by atomic mass is 32.2. The molecule has 1 heterocycles. The molecule has 0 saturated heterocycles. The van der Waals surface area contributed by atoms with Crippen LogP contribution in [0.2, 0.25) is 0 Å². The maximum absolute atomic E-state index is 11.9. The molecule has 3 rings (SSSR count). The zero-order chi connectivity index (χ0) is 20.6. The Balaban J connectivity index is 1.67. The number of benzene rings is 2. The SMILES string of the molecule is Cc1cc(Nc2cccc(OC(=O)CC(C)C)c2)nc(SCc2ccccc2)n1. The maximum atomic E-state index is 11.9. The number of nitrogens with zero attached hydrogens (tertiary/aromatic N) is 2. The number of anilines is 2. The van der Waals surface area contributed by atoms with Crippen molar-refractivity contribution in [1.29, 1.82) is 0 Å². The van der Waals surface area contributed by atoms with Gasteiger partial charge in [-0.1, -0.05) is 62.0 Å². The minimum atomic E-state index is -0.227. The molecule has 0 atom stereocenters. The van der Waals surface area contributed by atoms with Crippen molar-refractivity contribution >= 4 is 29.2 Å². The summed E-state index contributed by atoms with van der Waals surface area (Å²) >= 11 is 1.60. The first-order chi connectivity index (χ1) is 14.0. The maximum Gasteiger partial charge on any atom is 0.311 e. The number of rotatable bonds is 8. The number of aromatic nitrogens is 2. The van der Waals surface area contributed by atoms with E-state index in [1.807, 2.05) is 57.2 Å². The Labute approximate surface area is 175 Å². The van der Waals surface area contributed by atoms with Crippen molar-refractivity contribution in [2.24, 2.45) is 5.92 Å². The van der Waals surface area contributed by atoms with Crippen molar-refractivity contribution in [3.63, 3.8) is 0 Å². The van der Waals surface area contributed by atoms with Gasteiger partial charge in [-0.3, -0.25) is 4.79 Å². The second kappa shape index (κ2) is 10.1. The average Bonchev–Trinajstić information content (AvgIpc) is 2.66. The van der Waals surface area contributed by atoms with Crippen molar-refractivity contribution in [3.05, 3.63) is 71.9 Å². The van der Waals surface area contributed by atoms with Crippen molar-refractivity contribution in [2.75, 3.05) is 5.32 Å². The van der Waals surface area contributed by atoms with Crippen LogP contribution in [-0.2, 0) is 10.5 Å². The molecule has 0 unspecified atom stereocenters. The molecule has 3 aromatic rings. The van der Waals surface area contributed by atoms with E-state index >= 15 is 0 Å². The molecule has 0 amide bonds. The van der Waals surface area contributed by atoms with Gasteiger partial charge in [0.15, 0.2) is 5.16 Å².